The van der Waals surface area contributed by atoms with E-state index in [-0.39, 0.29) is 17.7 Å². The predicted octanol–water partition coefficient (Wildman–Crippen LogP) is 1.84. The molecule has 1 heterocycles. The first-order valence-corrected chi connectivity index (χ1v) is 7.23. The molecule has 0 aliphatic heterocycles. The number of hydrogen-bond donors (Lipinski definition) is 2. The minimum absolute atomic E-state index is 0.0326. The molecule has 6 nitrogen and oxygen atoms in total. The van der Waals surface area contributed by atoms with Crippen LogP contribution in [0.2, 0.25) is 0 Å². The molecular weight excluding hydrogens is 272 g/mol. The molecule has 0 spiro atoms. The Morgan fingerprint density at radius 1 is 1.48 bits per heavy atom. The smallest absolute Gasteiger partial charge is 0.329 e. The molecule has 0 saturated heterocycles. The lowest BCUT2D eigenvalue weighted by molar-refractivity contribution is -0.148. The summed E-state index contributed by atoms with van der Waals surface area (Å²) in [5.74, 6) is -0.811. The van der Waals surface area contributed by atoms with E-state index in [9.17, 15) is 14.7 Å². The summed E-state index contributed by atoms with van der Waals surface area (Å²) in [4.78, 5) is 23.8. The quantitative estimate of drug-likeness (QED) is 0.835. The Labute approximate surface area is 123 Å². The summed E-state index contributed by atoms with van der Waals surface area (Å²) in [5, 5.41) is 16.0. The number of nitrogens with one attached hydrogen (secondary N) is 1. The highest BCUT2D eigenvalue weighted by Crippen LogP contribution is 2.40. The van der Waals surface area contributed by atoms with Crippen molar-refractivity contribution in [3.8, 4) is 0 Å². The monoisotopic (exact) mass is 294 g/mol. The van der Waals surface area contributed by atoms with Gasteiger partial charge < -0.3 is 14.9 Å². The van der Waals surface area contributed by atoms with E-state index in [0.29, 0.717) is 12.2 Å². The number of amides is 1. The van der Waals surface area contributed by atoms with E-state index in [1.807, 2.05) is 13.8 Å². The van der Waals surface area contributed by atoms with Crippen LogP contribution >= 0.6 is 0 Å². The van der Waals surface area contributed by atoms with E-state index in [0.717, 1.165) is 24.1 Å². The number of rotatable bonds is 6. The van der Waals surface area contributed by atoms with Crippen molar-refractivity contribution in [2.45, 2.75) is 52.5 Å². The van der Waals surface area contributed by atoms with Gasteiger partial charge >= 0.3 is 5.97 Å². The molecular formula is C15H22N2O4. The third-order valence-corrected chi connectivity index (χ3v) is 4.36. The van der Waals surface area contributed by atoms with Gasteiger partial charge in [0.05, 0.1) is 5.69 Å². The number of aliphatic carboxylic acids is 1. The van der Waals surface area contributed by atoms with Crippen LogP contribution in [0.5, 0.6) is 0 Å². The summed E-state index contributed by atoms with van der Waals surface area (Å²) in [7, 11) is 0. The zero-order valence-electron chi connectivity index (χ0n) is 12.9. The first kappa shape index (κ1) is 15.5. The maximum absolute atomic E-state index is 12.3. The number of carbonyl (C=O) groups excluding carboxylic acids is 1. The van der Waals surface area contributed by atoms with Crippen molar-refractivity contribution in [2.75, 3.05) is 0 Å². The van der Waals surface area contributed by atoms with E-state index < -0.39 is 11.5 Å². The highest BCUT2D eigenvalue weighted by molar-refractivity contribution is 5.88. The molecule has 0 unspecified atom stereocenters. The van der Waals surface area contributed by atoms with E-state index >= 15 is 0 Å². The van der Waals surface area contributed by atoms with Gasteiger partial charge in [-0.05, 0) is 46.0 Å². The number of carboxylic acid groups (broad SMARTS) is 1. The lowest BCUT2D eigenvalue weighted by Crippen LogP contribution is -2.55. The average Bonchev–Trinajstić information content (AvgIpc) is 3.21. The number of aromatic nitrogens is 1. The third kappa shape index (κ3) is 3.09. The Morgan fingerprint density at radius 2 is 2.10 bits per heavy atom. The Bertz CT molecular complexity index is 543. The molecule has 0 aromatic carbocycles. The molecule has 1 aliphatic rings. The molecule has 2 rings (SSSR count). The Hall–Kier alpha value is -1.85. The standard InChI is InChI=1S/C15H22N2O4/c1-8(7-12-9(2)17-21-10(12)3)13(18)16-15(4,14(19)20)11-5-6-11/h8,11H,5-7H2,1-4H3,(H,16,18)(H,19,20)/t8-,15-/m0/s1. The number of hydrogen-bond acceptors (Lipinski definition) is 4. The van der Waals surface area contributed by atoms with E-state index in [1.54, 1.807) is 13.8 Å². The van der Waals surface area contributed by atoms with Gasteiger partial charge in [-0.2, -0.15) is 0 Å². The molecule has 6 heteroatoms. The maximum Gasteiger partial charge on any atom is 0.329 e. The van der Waals surface area contributed by atoms with E-state index in [4.69, 9.17) is 4.52 Å². The number of aryl methyl sites for hydroxylation is 2. The van der Waals surface area contributed by atoms with Gasteiger partial charge in [-0.25, -0.2) is 4.79 Å². The molecule has 1 aromatic rings. The Kier molecular flexibility index (Phi) is 4.07. The van der Waals surface area contributed by atoms with Crippen molar-refractivity contribution in [3.63, 3.8) is 0 Å². The lowest BCUT2D eigenvalue weighted by Gasteiger charge is -2.27. The Balaban J connectivity index is 2.04. The molecule has 116 valence electrons. The maximum atomic E-state index is 12.3. The Morgan fingerprint density at radius 3 is 2.52 bits per heavy atom. The molecule has 1 aromatic heterocycles. The van der Waals surface area contributed by atoms with Crippen LogP contribution in [0.3, 0.4) is 0 Å². The number of carbonyl (C=O) groups is 2. The van der Waals surface area contributed by atoms with Crippen LogP contribution in [0.1, 0.15) is 43.7 Å². The fraction of sp³-hybridized carbons (Fsp3) is 0.667. The van der Waals surface area contributed by atoms with Gasteiger partial charge in [0.25, 0.3) is 0 Å². The van der Waals surface area contributed by atoms with Crippen molar-refractivity contribution in [1.82, 2.24) is 10.5 Å². The summed E-state index contributed by atoms with van der Waals surface area (Å²) >= 11 is 0. The molecule has 0 bridgehead atoms. The third-order valence-electron chi connectivity index (χ3n) is 4.36. The van der Waals surface area contributed by atoms with Crippen LogP contribution in [0, 0.1) is 25.7 Å². The minimum atomic E-state index is -1.16. The summed E-state index contributed by atoms with van der Waals surface area (Å²) < 4.78 is 5.09. The van der Waals surface area contributed by atoms with Crippen LogP contribution in [0.15, 0.2) is 4.52 Å². The number of nitrogens with zero attached hydrogens (tertiary/aromatic N) is 1. The fourth-order valence-corrected chi connectivity index (χ4v) is 2.56. The zero-order chi connectivity index (χ0) is 15.8. The summed E-state index contributed by atoms with van der Waals surface area (Å²) in [6.45, 7) is 7.03. The molecule has 1 saturated carbocycles. The lowest BCUT2D eigenvalue weighted by atomic mass is 9.93. The van der Waals surface area contributed by atoms with Crippen molar-refractivity contribution in [2.24, 2.45) is 11.8 Å². The molecule has 2 atom stereocenters. The summed E-state index contributed by atoms with van der Waals surface area (Å²) in [6, 6.07) is 0. The van der Waals surface area contributed by atoms with Crippen LogP contribution in [-0.2, 0) is 16.0 Å². The molecule has 0 radical (unpaired) electrons. The van der Waals surface area contributed by atoms with Gasteiger partial charge in [0.15, 0.2) is 0 Å². The first-order valence-electron chi connectivity index (χ1n) is 7.23. The predicted molar refractivity (Wildman–Crippen MR) is 75.8 cm³/mol. The molecule has 1 amide bonds. The van der Waals surface area contributed by atoms with Gasteiger partial charge in [-0.3, -0.25) is 4.79 Å². The molecule has 1 aliphatic carbocycles. The first-order chi connectivity index (χ1) is 9.75. The van der Waals surface area contributed by atoms with Gasteiger partial charge in [-0.15, -0.1) is 0 Å². The van der Waals surface area contributed by atoms with E-state index in [2.05, 4.69) is 10.5 Å². The van der Waals surface area contributed by atoms with Gasteiger partial charge in [-0.1, -0.05) is 12.1 Å². The van der Waals surface area contributed by atoms with E-state index in [1.165, 1.54) is 0 Å². The van der Waals surface area contributed by atoms with Crippen LogP contribution in [-0.4, -0.2) is 27.7 Å². The van der Waals surface area contributed by atoms with Gasteiger partial charge in [0.2, 0.25) is 5.91 Å². The van der Waals surface area contributed by atoms with Crippen LogP contribution in [0.4, 0.5) is 0 Å². The van der Waals surface area contributed by atoms with Crippen molar-refractivity contribution in [1.29, 1.82) is 0 Å². The largest absolute Gasteiger partial charge is 0.480 e. The average molecular weight is 294 g/mol. The SMILES string of the molecule is Cc1noc(C)c1C[C@H](C)C(=O)N[C@](C)(C(=O)O)C1CC1. The van der Waals surface area contributed by atoms with Crippen LogP contribution in [0.25, 0.3) is 0 Å². The highest BCUT2D eigenvalue weighted by atomic mass is 16.5. The molecule has 21 heavy (non-hydrogen) atoms. The second kappa shape index (κ2) is 5.50. The molecule has 2 N–H and O–H groups in total. The van der Waals surface area contributed by atoms with Crippen LogP contribution < -0.4 is 5.32 Å². The topological polar surface area (TPSA) is 92.4 Å². The highest BCUT2D eigenvalue weighted by Gasteiger charge is 2.48. The fourth-order valence-electron chi connectivity index (χ4n) is 2.56. The molecule has 1 fully saturated rings. The zero-order valence-corrected chi connectivity index (χ0v) is 12.9. The van der Waals surface area contributed by atoms with Crippen molar-refractivity contribution in [3.05, 3.63) is 17.0 Å². The summed E-state index contributed by atoms with van der Waals surface area (Å²) in [6.07, 6.45) is 2.19. The number of carboxylic acids is 1. The van der Waals surface area contributed by atoms with Crippen molar-refractivity contribution >= 4 is 11.9 Å². The van der Waals surface area contributed by atoms with Gasteiger partial charge in [0, 0.05) is 11.5 Å². The normalized spacial score (nSPS) is 18.9. The second-order valence-corrected chi connectivity index (χ2v) is 6.18. The summed E-state index contributed by atoms with van der Waals surface area (Å²) in [5.41, 5.74) is 0.529. The van der Waals surface area contributed by atoms with Crippen molar-refractivity contribution < 1.29 is 19.2 Å². The van der Waals surface area contributed by atoms with Gasteiger partial charge in [0.1, 0.15) is 11.3 Å². The minimum Gasteiger partial charge on any atom is -0.480 e. The second-order valence-electron chi connectivity index (χ2n) is 6.18.